The van der Waals surface area contributed by atoms with E-state index in [0.717, 1.165) is 43.5 Å². The van der Waals surface area contributed by atoms with Crippen LogP contribution < -0.4 is 5.32 Å². The number of allylic oxidation sites excluding steroid dienone is 3. The molecule has 1 aromatic rings. The number of likely N-dealkylation sites (tertiary alicyclic amines) is 1. The van der Waals surface area contributed by atoms with E-state index in [1.54, 1.807) is 12.1 Å². The molecule has 0 unspecified atom stereocenters. The number of benzene rings is 1. The van der Waals surface area contributed by atoms with E-state index in [-0.39, 0.29) is 17.4 Å². The monoisotopic (exact) mass is 395 g/mol. The van der Waals surface area contributed by atoms with E-state index in [4.69, 9.17) is 0 Å². The molecule has 0 spiro atoms. The lowest BCUT2D eigenvalue weighted by molar-refractivity contribution is -0.384. The van der Waals surface area contributed by atoms with Crippen LogP contribution in [0.15, 0.2) is 46.8 Å². The molecule has 1 fully saturated rings. The second kappa shape index (κ2) is 7.81. The molecular formula is C22H25N3O4. The van der Waals surface area contributed by atoms with Crippen LogP contribution in [0.25, 0.3) is 0 Å². The normalized spacial score (nSPS) is 22.3. The number of nitro benzene ring substituents is 1. The number of ketones is 1. The first-order valence-electron chi connectivity index (χ1n) is 10.2. The Morgan fingerprint density at radius 1 is 1.17 bits per heavy atom. The maximum absolute atomic E-state index is 13.5. The summed E-state index contributed by atoms with van der Waals surface area (Å²) in [6, 6.07) is 6.35. The van der Waals surface area contributed by atoms with Gasteiger partial charge in [0.15, 0.2) is 5.78 Å². The maximum Gasteiger partial charge on any atom is 0.269 e. The summed E-state index contributed by atoms with van der Waals surface area (Å²) in [4.78, 5) is 39.2. The predicted octanol–water partition coefficient (Wildman–Crippen LogP) is 3.58. The highest BCUT2D eigenvalue weighted by Crippen LogP contribution is 2.43. The Morgan fingerprint density at radius 2 is 1.93 bits per heavy atom. The van der Waals surface area contributed by atoms with Gasteiger partial charge in [-0.2, -0.15) is 0 Å². The summed E-state index contributed by atoms with van der Waals surface area (Å²) in [6.45, 7) is 3.28. The standard InChI is InChI=1S/C22H25N3O4/c1-14-19(22(27)24-11-3-2-4-12-24)20(15-7-5-8-16(13-15)25(28)29)21-17(23-14)9-6-10-18(21)26/h5,7-8,13,20,23H,2-4,6,9-12H2,1H3/t20-/m1/s1. The molecule has 0 saturated carbocycles. The van der Waals surface area contributed by atoms with Crippen molar-refractivity contribution in [1.29, 1.82) is 0 Å². The number of dihydropyridines is 1. The van der Waals surface area contributed by atoms with Crippen molar-refractivity contribution >= 4 is 17.4 Å². The van der Waals surface area contributed by atoms with E-state index in [2.05, 4.69) is 5.32 Å². The van der Waals surface area contributed by atoms with Gasteiger partial charge >= 0.3 is 0 Å². The number of carbonyl (C=O) groups excluding carboxylic acids is 2. The fourth-order valence-electron chi connectivity index (χ4n) is 4.69. The smallest absolute Gasteiger partial charge is 0.269 e. The van der Waals surface area contributed by atoms with Crippen LogP contribution in [0.1, 0.15) is 56.9 Å². The largest absolute Gasteiger partial charge is 0.362 e. The molecule has 1 aromatic carbocycles. The van der Waals surface area contributed by atoms with Crippen LogP contribution in [0, 0.1) is 10.1 Å². The van der Waals surface area contributed by atoms with Crippen LogP contribution in [-0.2, 0) is 9.59 Å². The van der Waals surface area contributed by atoms with Crippen LogP contribution in [0.4, 0.5) is 5.69 Å². The first kappa shape index (κ1) is 19.4. The van der Waals surface area contributed by atoms with E-state index >= 15 is 0 Å². The van der Waals surface area contributed by atoms with Crippen molar-refractivity contribution in [1.82, 2.24) is 10.2 Å². The first-order valence-corrected chi connectivity index (χ1v) is 10.2. The molecule has 3 aliphatic rings. The Morgan fingerprint density at radius 3 is 2.66 bits per heavy atom. The molecule has 29 heavy (non-hydrogen) atoms. The number of nitrogens with one attached hydrogen (secondary N) is 1. The van der Waals surface area contributed by atoms with Crippen molar-refractivity contribution in [2.24, 2.45) is 0 Å². The van der Waals surface area contributed by atoms with Crippen molar-refractivity contribution in [3.63, 3.8) is 0 Å². The van der Waals surface area contributed by atoms with Crippen LogP contribution in [-0.4, -0.2) is 34.6 Å². The lowest BCUT2D eigenvalue weighted by Gasteiger charge is -2.37. The lowest BCUT2D eigenvalue weighted by Crippen LogP contribution is -2.42. The maximum atomic E-state index is 13.5. The summed E-state index contributed by atoms with van der Waals surface area (Å²) in [5, 5.41) is 14.7. The molecule has 1 saturated heterocycles. The van der Waals surface area contributed by atoms with Crippen molar-refractivity contribution in [2.45, 2.75) is 51.4 Å². The van der Waals surface area contributed by atoms with Gasteiger partial charge in [0.1, 0.15) is 0 Å². The Kier molecular flexibility index (Phi) is 5.22. The molecule has 4 rings (SSSR count). The average molecular weight is 395 g/mol. The summed E-state index contributed by atoms with van der Waals surface area (Å²) in [6.07, 6.45) is 5.02. The summed E-state index contributed by atoms with van der Waals surface area (Å²) >= 11 is 0. The zero-order valence-electron chi connectivity index (χ0n) is 16.6. The molecule has 1 atom stereocenters. The minimum Gasteiger partial charge on any atom is -0.362 e. The summed E-state index contributed by atoms with van der Waals surface area (Å²) in [5.74, 6) is -0.615. The predicted molar refractivity (Wildman–Crippen MR) is 108 cm³/mol. The third-order valence-corrected chi connectivity index (χ3v) is 6.06. The van der Waals surface area contributed by atoms with E-state index in [9.17, 15) is 19.7 Å². The Balaban J connectivity index is 1.84. The average Bonchev–Trinajstić information content (AvgIpc) is 2.73. The van der Waals surface area contributed by atoms with E-state index in [1.807, 2.05) is 11.8 Å². The fraction of sp³-hybridized carbons (Fsp3) is 0.455. The zero-order chi connectivity index (χ0) is 20.5. The molecule has 1 aliphatic carbocycles. The highest BCUT2D eigenvalue weighted by molar-refractivity contribution is 6.05. The van der Waals surface area contributed by atoms with Gasteiger partial charge < -0.3 is 10.2 Å². The fourth-order valence-corrected chi connectivity index (χ4v) is 4.69. The van der Waals surface area contributed by atoms with Gasteiger partial charge in [0, 0.05) is 60.1 Å². The number of hydrogen-bond acceptors (Lipinski definition) is 5. The van der Waals surface area contributed by atoms with Crippen LogP contribution in [0.3, 0.4) is 0 Å². The van der Waals surface area contributed by atoms with Gasteiger partial charge in [-0.3, -0.25) is 19.7 Å². The third kappa shape index (κ3) is 3.57. The molecule has 0 bridgehead atoms. The number of rotatable bonds is 3. The van der Waals surface area contributed by atoms with E-state index in [0.29, 0.717) is 36.2 Å². The topological polar surface area (TPSA) is 92.6 Å². The molecule has 7 heteroatoms. The highest BCUT2D eigenvalue weighted by Gasteiger charge is 2.40. The second-order valence-corrected chi connectivity index (χ2v) is 7.97. The Hall–Kier alpha value is -2.96. The van der Waals surface area contributed by atoms with E-state index < -0.39 is 10.8 Å². The number of non-ortho nitro benzene ring substituents is 1. The SMILES string of the molecule is CC1=C(C(=O)N2CCCCC2)[C@@H](c2cccc([N+](=O)[O-])c2)C2=C(CCCC2=O)N1. The first-order chi connectivity index (χ1) is 14.0. The summed E-state index contributed by atoms with van der Waals surface area (Å²) in [7, 11) is 0. The second-order valence-electron chi connectivity index (χ2n) is 7.97. The van der Waals surface area contributed by atoms with Crippen LogP contribution in [0.2, 0.25) is 0 Å². The number of amides is 1. The molecule has 1 N–H and O–H groups in total. The van der Waals surface area contributed by atoms with Gasteiger partial charge in [-0.05, 0) is 44.6 Å². The highest BCUT2D eigenvalue weighted by atomic mass is 16.6. The van der Waals surface area contributed by atoms with Crippen molar-refractivity contribution in [3.05, 3.63) is 62.5 Å². The molecule has 2 heterocycles. The van der Waals surface area contributed by atoms with Crippen molar-refractivity contribution < 1.29 is 14.5 Å². The molecule has 0 aromatic heterocycles. The number of nitro groups is 1. The van der Waals surface area contributed by atoms with Gasteiger partial charge in [-0.15, -0.1) is 0 Å². The molecule has 1 amide bonds. The quantitative estimate of drug-likeness (QED) is 0.624. The van der Waals surface area contributed by atoms with Crippen LogP contribution >= 0.6 is 0 Å². The summed E-state index contributed by atoms with van der Waals surface area (Å²) < 4.78 is 0. The number of Topliss-reactive ketones (excluding diaryl/α,β-unsaturated/α-hetero) is 1. The van der Waals surface area contributed by atoms with Gasteiger partial charge in [0.2, 0.25) is 0 Å². The molecule has 7 nitrogen and oxygen atoms in total. The molecule has 0 radical (unpaired) electrons. The molecule has 152 valence electrons. The van der Waals surface area contributed by atoms with E-state index in [1.165, 1.54) is 12.1 Å². The number of carbonyl (C=O) groups is 2. The number of hydrogen-bond donors (Lipinski definition) is 1. The van der Waals surface area contributed by atoms with Crippen molar-refractivity contribution in [3.8, 4) is 0 Å². The Labute approximate surface area is 169 Å². The van der Waals surface area contributed by atoms with Gasteiger partial charge in [0.05, 0.1) is 4.92 Å². The molecular weight excluding hydrogens is 370 g/mol. The summed E-state index contributed by atoms with van der Waals surface area (Å²) in [5.41, 5.74) is 3.33. The lowest BCUT2D eigenvalue weighted by atomic mass is 9.74. The van der Waals surface area contributed by atoms with Gasteiger partial charge in [-0.1, -0.05) is 12.1 Å². The number of nitrogens with zero attached hydrogens (tertiary/aromatic N) is 2. The Bertz CT molecular complexity index is 941. The number of piperidine rings is 1. The molecule has 2 aliphatic heterocycles. The van der Waals surface area contributed by atoms with Gasteiger partial charge in [-0.25, -0.2) is 0 Å². The third-order valence-electron chi connectivity index (χ3n) is 6.06. The minimum atomic E-state index is -0.562. The zero-order valence-corrected chi connectivity index (χ0v) is 16.6. The van der Waals surface area contributed by atoms with Gasteiger partial charge in [0.25, 0.3) is 11.6 Å². The van der Waals surface area contributed by atoms with Crippen molar-refractivity contribution in [2.75, 3.05) is 13.1 Å². The minimum absolute atomic E-state index is 0.0201. The van der Waals surface area contributed by atoms with Crippen LogP contribution in [0.5, 0.6) is 0 Å².